The van der Waals surface area contributed by atoms with Gasteiger partial charge in [-0.1, -0.05) is 0 Å². The Hall–Kier alpha value is -5.41. The molecule has 0 radical (unpaired) electrons. The molecule has 292 valence electrons. The van der Waals surface area contributed by atoms with E-state index in [2.05, 4.69) is 20.6 Å². The second kappa shape index (κ2) is 14.8. The number of carbonyl (C=O) groups excluding carboxylic acids is 4. The summed E-state index contributed by atoms with van der Waals surface area (Å²) < 4.78 is 44.5. The predicted molar refractivity (Wildman–Crippen MR) is 200 cm³/mol. The van der Waals surface area contributed by atoms with E-state index < -0.39 is 53.1 Å². The van der Waals surface area contributed by atoms with E-state index in [0.29, 0.717) is 35.0 Å². The van der Waals surface area contributed by atoms with Crippen LogP contribution < -0.4 is 20.3 Å². The highest BCUT2D eigenvalue weighted by atomic mass is 19.1. The SMILES string of the molecule is Cc1c(-c2cc3cc(NC(=O)OC4CC(N(C)C(=O)OC(C)(C)C)C4)ncc3c(NC(=O)OC(C)(C)C)c2F)cnc2c1N(C(=O)OC(C)(C)C)CCO2. The topological polar surface area (TPSA) is 171 Å². The van der Waals surface area contributed by atoms with Gasteiger partial charge >= 0.3 is 24.4 Å². The third-order valence-electron chi connectivity index (χ3n) is 8.39. The van der Waals surface area contributed by atoms with Gasteiger partial charge in [-0.2, -0.15) is 0 Å². The third kappa shape index (κ3) is 9.38. The maximum atomic E-state index is 16.7. The van der Waals surface area contributed by atoms with Crippen LogP contribution in [0, 0.1) is 12.7 Å². The van der Waals surface area contributed by atoms with Gasteiger partial charge in [0.25, 0.3) is 0 Å². The molecule has 0 saturated heterocycles. The summed E-state index contributed by atoms with van der Waals surface area (Å²) in [5.41, 5.74) is -1.36. The molecule has 0 bridgehead atoms. The zero-order valence-corrected chi connectivity index (χ0v) is 32.6. The van der Waals surface area contributed by atoms with Crippen molar-refractivity contribution in [3.05, 3.63) is 35.9 Å². The molecule has 1 fully saturated rings. The minimum absolute atomic E-state index is 0.0328. The zero-order valence-electron chi connectivity index (χ0n) is 32.6. The van der Waals surface area contributed by atoms with E-state index in [4.69, 9.17) is 23.7 Å². The smallest absolute Gasteiger partial charge is 0.415 e. The van der Waals surface area contributed by atoms with Crippen molar-refractivity contribution in [1.82, 2.24) is 14.9 Å². The highest BCUT2D eigenvalue weighted by Crippen LogP contribution is 2.43. The molecule has 54 heavy (non-hydrogen) atoms. The fourth-order valence-corrected chi connectivity index (χ4v) is 5.89. The number of halogens is 1. The summed E-state index contributed by atoms with van der Waals surface area (Å²) >= 11 is 0. The van der Waals surface area contributed by atoms with Crippen LogP contribution in [0.3, 0.4) is 0 Å². The lowest BCUT2D eigenvalue weighted by Gasteiger charge is -2.40. The molecule has 15 nitrogen and oxygen atoms in total. The molecular formula is C38H49FN6O9. The molecule has 5 rings (SSSR count). The monoisotopic (exact) mass is 752 g/mol. The number of amides is 4. The normalized spacial score (nSPS) is 17.0. The Balaban J connectivity index is 1.45. The number of hydrogen-bond donors (Lipinski definition) is 2. The van der Waals surface area contributed by atoms with Crippen molar-refractivity contribution in [3.8, 4) is 17.0 Å². The van der Waals surface area contributed by atoms with E-state index in [-0.39, 0.29) is 47.5 Å². The molecule has 2 aromatic heterocycles. The van der Waals surface area contributed by atoms with Gasteiger partial charge in [-0.3, -0.25) is 15.5 Å². The van der Waals surface area contributed by atoms with Crippen molar-refractivity contribution in [2.24, 2.45) is 0 Å². The van der Waals surface area contributed by atoms with Gasteiger partial charge in [0.2, 0.25) is 5.88 Å². The molecule has 1 aliphatic carbocycles. The fourth-order valence-electron chi connectivity index (χ4n) is 5.89. The Morgan fingerprint density at radius 2 is 1.52 bits per heavy atom. The number of hydrogen-bond acceptors (Lipinski definition) is 11. The van der Waals surface area contributed by atoms with Crippen LogP contribution in [0.4, 0.5) is 40.8 Å². The van der Waals surface area contributed by atoms with Crippen LogP contribution in [-0.2, 0) is 18.9 Å². The molecule has 2 aliphatic rings. The van der Waals surface area contributed by atoms with Crippen LogP contribution >= 0.6 is 0 Å². The Morgan fingerprint density at radius 1 is 0.870 bits per heavy atom. The minimum atomic E-state index is -0.897. The van der Waals surface area contributed by atoms with E-state index in [1.54, 1.807) is 76.3 Å². The van der Waals surface area contributed by atoms with E-state index in [1.807, 2.05) is 0 Å². The van der Waals surface area contributed by atoms with Crippen LogP contribution in [0.5, 0.6) is 5.88 Å². The van der Waals surface area contributed by atoms with Crippen molar-refractivity contribution in [3.63, 3.8) is 0 Å². The van der Waals surface area contributed by atoms with Crippen LogP contribution in [0.25, 0.3) is 21.9 Å². The largest absolute Gasteiger partial charge is 0.474 e. The van der Waals surface area contributed by atoms with Crippen molar-refractivity contribution in [2.75, 3.05) is 35.7 Å². The summed E-state index contributed by atoms with van der Waals surface area (Å²) in [5.74, 6) is -0.526. The summed E-state index contributed by atoms with van der Waals surface area (Å²) in [6.45, 7) is 17.7. The number of carbonyl (C=O) groups is 4. The van der Waals surface area contributed by atoms with Crippen molar-refractivity contribution in [2.45, 2.75) is 111 Å². The summed E-state index contributed by atoms with van der Waals surface area (Å²) in [6.07, 6.45) is 0.442. The summed E-state index contributed by atoms with van der Waals surface area (Å²) in [7, 11) is 1.64. The highest BCUT2D eigenvalue weighted by Gasteiger charge is 2.38. The first-order valence-corrected chi connectivity index (χ1v) is 17.7. The van der Waals surface area contributed by atoms with Crippen LogP contribution in [-0.4, -0.2) is 88.4 Å². The van der Waals surface area contributed by atoms with Gasteiger partial charge in [0.05, 0.1) is 12.2 Å². The van der Waals surface area contributed by atoms with E-state index in [1.165, 1.54) is 34.3 Å². The average Bonchev–Trinajstić information content (AvgIpc) is 3.01. The third-order valence-corrected chi connectivity index (χ3v) is 8.39. The first-order chi connectivity index (χ1) is 25.0. The molecule has 0 unspecified atom stereocenters. The molecule has 2 N–H and O–H groups in total. The number of nitrogens with zero attached hydrogens (tertiary/aromatic N) is 4. The zero-order chi connectivity index (χ0) is 39.9. The summed E-state index contributed by atoms with van der Waals surface area (Å²) in [5, 5.41) is 5.76. The summed E-state index contributed by atoms with van der Waals surface area (Å²) in [6, 6.07) is 2.89. The molecule has 1 aliphatic heterocycles. The molecule has 1 saturated carbocycles. The van der Waals surface area contributed by atoms with Crippen molar-refractivity contribution < 1.29 is 47.3 Å². The quantitative estimate of drug-likeness (QED) is 0.241. The minimum Gasteiger partial charge on any atom is -0.474 e. The maximum Gasteiger partial charge on any atom is 0.415 e. The molecule has 1 aromatic carbocycles. The molecule has 16 heteroatoms. The van der Waals surface area contributed by atoms with Gasteiger partial charge in [0, 0.05) is 54.8 Å². The number of aromatic nitrogens is 2. The number of ether oxygens (including phenoxy) is 5. The lowest BCUT2D eigenvalue weighted by molar-refractivity contribution is -0.0195. The van der Waals surface area contributed by atoms with Crippen LogP contribution in [0.1, 0.15) is 80.7 Å². The van der Waals surface area contributed by atoms with Gasteiger partial charge < -0.3 is 28.6 Å². The number of anilines is 3. The Morgan fingerprint density at radius 3 is 2.15 bits per heavy atom. The lowest BCUT2D eigenvalue weighted by Crippen LogP contribution is -2.50. The Labute approximate surface area is 313 Å². The van der Waals surface area contributed by atoms with E-state index in [9.17, 15) is 19.2 Å². The fraction of sp³-hybridized carbons (Fsp3) is 0.526. The number of fused-ring (bicyclic) bond motifs is 2. The lowest BCUT2D eigenvalue weighted by atomic mass is 9.88. The summed E-state index contributed by atoms with van der Waals surface area (Å²) in [4.78, 5) is 63.2. The van der Waals surface area contributed by atoms with E-state index in [0.717, 1.165) is 0 Å². The van der Waals surface area contributed by atoms with Gasteiger partial charge in [-0.05, 0) is 92.3 Å². The molecule has 3 heterocycles. The van der Waals surface area contributed by atoms with Gasteiger partial charge in [-0.15, -0.1) is 0 Å². The first-order valence-electron chi connectivity index (χ1n) is 17.7. The first kappa shape index (κ1) is 39.8. The Bertz CT molecular complexity index is 1960. The Kier molecular flexibility index (Phi) is 10.9. The standard InChI is InChI=1S/C38H49FN6O9/c1-20-25(18-41-31-30(20)45(12-13-50-31)35(49)54-38(8,9)10)24-14-21-15-27(40-19-26(21)29(28(24)39)43-33(47)52-36(2,3)4)42-32(46)51-23-16-22(17-23)44(11)34(48)53-37(5,6)7/h14-15,18-19,22-23H,12-13,16-17H2,1-11H3,(H,43,47)(H,40,42,46). The number of benzene rings is 1. The maximum absolute atomic E-state index is 16.7. The average molecular weight is 753 g/mol. The highest BCUT2D eigenvalue weighted by molar-refractivity contribution is 6.05. The number of pyridine rings is 2. The van der Waals surface area contributed by atoms with Crippen molar-refractivity contribution in [1.29, 1.82) is 0 Å². The van der Waals surface area contributed by atoms with Gasteiger partial charge in [0.15, 0.2) is 5.82 Å². The molecule has 3 aromatic rings. The van der Waals surface area contributed by atoms with Crippen LogP contribution in [0.15, 0.2) is 24.5 Å². The number of nitrogens with one attached hydrogen (secondary N) is 2. The second-order valence-corrected chi connectivity index (χ2v) is 16.3. The predicted octanol–water partition coefficient (Wildman–Crippen LogP) is 8.17. The number of rotatable bonds is 5. The van der Waals surface area contributed by atoms with Gasteiger partial charge in [0.1, 0.15) is 41.0 Å². The van der Waals surface area contributed by atoms with E-state index >= 15 is 4.39 Å². The molecule has 4 amide bonds. The second-order valence-electron chi connectivity index (χ2n) is 16.3. The molecular weight excluding hydrogens is 703 g/mol. The molecule has 0 atom stereocenters. The van der Waals surface area contributed by atoms with Crippen LogP contribution in [0.2, 0.25) is 0 Å². The van der Waals surface area contributed by atoms with Gasteiger partial charge in [-0.25, -0.2) is 33.5 Å². The van der Waals surface area contributed by atoms with Crippen molar-refractivity contribution >= 4 is 52.3 Å². The molecule has 0 spiro atoms.